The molecule has 2 N–H and O–H groups in total. The second kappa shape index (κ2) is 12.2. The fourth-order valence-electron chi connectivity index (χ4n) is 2.18. The third kappa shape index (κ3) is 10.7. The highest BCUT2D eigenvalue weighted by atomic mass is 16.1. The third-order valence-corrected chi connectivity index (χ3v) is 3.42. The Morgan fingerprint density at radius 1 is 1.05 bits per heavy atom. The van der Waals surface area contributed by atoms with Gasteiger partial charge in [0.25, 0.3) is 0 Å². The molecule has 0 aliphatic heterocycles. The summed E-state index contributed by atoms with van der Waals surface area (Å²) >= 11 is 0. The van der Waals surface area contributed by atoms with Gasteiger partial charge in [-0.25, -0.2) is 0 Å². The van der Waals surface area contributed by atoms with Gasteiger partial charge < -0.3 is 10.7 Å². The number of carbonyl (C=O) groups excluding carboxylic acids is 1. The minimum absolute atomic E-state index is 0.114. The van der Waals surface area contributed by atoms with Crippen molar-refractivity contribution in [3.63, 3.8) is 0 Å². The van der Waals surface area contributed by atoms with E-state index in [2.05, 4.69) is 19.2 Å². The van der Waals surface area contributed by atoms with Crippen molar-refractivity contribution in [3.05, 3.63) is 0 Å². The molecule has 3 heteroatoms. The van der Waals surface area contributed by atoms with E-state index in [-0.39, 0.29) is 11.9 Å². The van der Waals surface area contributed by atoms with Crippen LogP contribution in [0.2, 0.25) is 0 Å². The van der Waals surface area contributed by atoms with Crippen molar-refractivity contribution in [2.45, 2.75) is 91.0 Å². The van der Waals surface area contributed by atoms with E-state index in [1.807, 2.05) is 6.92 Å². The molecule has 0 fully saturated rings. The monoisotopic (exact) mass is 268 g/mol. The van der Waals surface area contributed by atoms with Crippen LogP contribution in [0, 0.1) is 5.41 Å². The summed E-state index contributed by atoms with van der Waals surface area (Å²) in [6.07, 6.45) is 10.2. The molecule has 1 atom stereocenters. The normalized spacial score (nSPS) is 12.2. The molecule has 0 saturated carbocycles. The van der Waals surface area contributed by atoms with E-state index in [4.69, 9.17) is 5.41 Å². The number of hydrogen-bond acceptors (Lipinski definition) is 2. The molecule has 0 radical (unpaired) electrons. The summed E-state index contributed by atoms with van der Waals surface area (Å²) in [5.74, 6) is 0.114. The topological polar surface area (TPSA) is 53.0 Å². The first-order valence-electron chi connectivity index (χ1n) is 7.99. The minimum atomic E-state index is 0.114. The molecule has 0 aromatic carbocycles. The standard InChI is InChI=1S/C16H32N2O/c1-4-7-9-11-14(17)13-15(12-10-8-5-2)18-16(19)6-3/h15,17H,4-13H2,1-3H3,(H,18,19). The highest BCUT2D eigenvalue weighted by Crippen LogP contribution is 2.10. The van der Waals surface area contributed by atoms with Gasteiger partial charge in [-0.3, -0.25) is 4.79 Å². The SMILES string of the molecule is CCCCCC(=N)CC(CCCCC)NC(=O)CC. The molecule has 0 spiro atoms. The van der Waals surface area contributed by atoms with E-state index in [0.717, 1.165) is 37.8 Å². The van der Waals surface area contributed by atoms with Crippen LogP contribution in [-0.2, 0) is 4.79 Å². The maximum absolute atomic E-state index is 11.5. The Bertz CT molecular complexity index is 251. The molecular formula is C16H32N2O. The van der Waals surface area contributed by atoms with Gasteiger partial charge in [-0.1, -0.05) is 52.9 Å². The van der Waals surface area contributed by atoms with Gasteiger partial charge in [0.05, 0.1) is 0 Å². The summed E-state index contributed by atoms with van der Waals surface area (Å²) in [5, 5.41) is 11.1. The van der Waals surface area contributed by atoms with Gasteiger partial charge in [0.1, 0.15) is 0 Å². The molecule has 19 heavy (non-hydrogen) atoms. The largest absolute Gasteiger partial charge is 0.353 e. The van der Waals surface area contributed by atoms with E-state index >= 15 is 0 Å². The summed E-state index contributed by atoms with van der Waals surface area (Å²) in [7, 11) is 0. The van der Waals surface area contributed by atoms with Gasteiger partial charge in [-0.05, 0) is 19.3 Å². The van der Waals surface area contributed by atoms with Gasteiger partial charge in [0.2, 0.25) is 5.91 Å². The van der Waals surface area contributed by atoms with E-state index in [0.29, 0.717) is 6.42 Å². The predicted octanol–water partition coefficient (Wildman–Crippen LogP) is 4.45. The molecule has 1 unspecified atom stereocenters. The fourth-order valence-corrected chi connectivity index (χ4v) is 2.18. The molecular weight excluding hydrogens is 236 g/mol. The van der Waals surface area contributed by atoms with Gasteiger partial charge in [-0.2, -0.15) is 0 Å². The Balaban J connectivity index is 4.07. The summed E-state index contributed by atoms with van der Waals surface area (Å²) in [4.78, 5) is 11.5. The van der Waals surface area contributed by atoms with Gasteiger partial charge in [0.15, 0.2) is 0 Å². The molecule has 0 rings (SSSR count). The van der Waals surface area contributed by atoms with E-state index in [1.54, 1.807) is 0 Å². The third-order valence-electron chi connectivity index (χ3n) is 3.42. The molecule has 0 aromatic rings. The number of carbonyl (C=O) groups is 1. The summed E-state index contributed by atoms with van der Waals surface area (Å²) in [6, 6.07) is 0.174. The second-order valence-electron chi connectivity index (χ2n) is 5.38. The lowest BCUT2D eigenvalue weighted by atomic mass is 9.99. The summed E-state index contributed by atoms with van der Waals surface area (Å²) < 4.78 is 0. The van der Waals surface area contributed by atoms with E-state index in [1.165, 1.54) is 25.7 Å². The van der Waals surface area contributed by atoms with Crippen LogP contribution in [0.15, 0.2) is 0 Å². The van der Waals surface area contributed by atoms with Crippen LogP contribution in [0.4, 0.5) is 0 Å². The van der Waals surface area contributed by atoms with Crippen molar-refractivity contribution in [3.8, 4) is 0 Å². The van der Waals surface area contributed by atoms with Crippen LogP contribution in [-0.4, -0.2) is 17.7 Å². The van der Waals surface area contributed by atoms with Gasteiger partial charge >= 0.3 is 0 Å². The molecule has 1 amide bonds. The fraction of sp³-hybridized carbons (Fsp3) is 0.875. The van der Waals surface area contributed by atoms with Gasteiger partial charge in [0, 0.05) is 24.6 Å². The quantitative estimate of drug-likeness (QED) is 0.399. The Morgan fingerprint density at radius 2 is 1.68 bits per heavy atom. The van der Waals surface area contributed by atoms with Crippen molar-refractivity contribution in [2.24, 2.45) is 0 Å². The van der Waals surface area contributed by atoms with Crippen LogP contribution >= 0.6 is 0 Å². The molecule has 0 bridgehead atoms. The van der Waals surface area contributed by atoms with Crippen molar-refractivity contribution in [2.75, 3.05) is 0 Å². The van der Waals surface area contributed by atoms with Crippen molar-refractivity contribution < 1.29 is 4.79 Å². The average molecular weight is 268 g/mol. The lowest BCUT2D eigenvalue weighted by Crippen LogP contribution is -2.36. The second-order valence-corrected chi connectivity index (χ2v) is 5.38. The van der Waals surface area contributed by atoms with Crippen molar-refractivity contribution in [1.29, 1.82) is 5.41 Å². The van der Waals surface area contributed by atoms with Gasteiger partial charge in [-0.15, -0.1) is 0 Å². The minimum Gasteiger partial charge on any atom is -0.353 e. The molecule has 0 heterocycles. The maximum atomic E-state index is 11.5. The number of amides is 1. The highest BCUT2D eigenvalue weighted by Gasteiger charge is 2.13. The number of unbranched alkanes of at least 4 members (excludes halogenated alkanes) is 4. The smallest absolute Gasteiger partial charge is 0.219 e. The first-order valence-corrected chi connectivity index (χ1v) is 7.99. The van der Waals surface area contributed by atoms with Crippen LogP contribution in [0.5, 0.6) is 0 Å². The highest BCUT2D eigenvalue weighted by molar-refractivity contribution is 5.83. The average Bonchev–Trinajstić information content (AvgIpc) is 2.39. The molecule has 112 valence electrons. The maximum Gasteiger partial charge on any atom is 0.219 e. The lowest BCUT2D eigenvalue weighted by molar-refractivity contribution is -0.121. The zero-order valence-corrected chi connectivity index (χ0v) is 13.1. The first kappa shape index (κ1) is 18.1. The van der Waals surface area contributed by atoms with Crippen molar-refractivity contribution in [1.82, 2.24) is 5.32 Å². The molecule has 3 nitrogen and oxygen atoms in total. The summed E-state index contributed by atoms with van der Waals surface area (Å²) in [6.45, 7) is 6.25. The van der Waals surface area contributed by atoms with Crippen LogP contribution in [0.1, 0.15) is 85.0 Å². The number of rotatable bonds is 12. The molecule has 0 aliphatic rings. The Kier molecular flexibility index (Phi) is 11.6. The van der Waals surface area contributed by atoms with Crippen LogP contribution < -0.4 is 5.32 Å². The lowest BCUT2D eigenvalue weighted by Gasteiger charge is -2.19. The summed E-state index contributed by atoms with van der Waals surface area (Å²) in [5.41, 5.74) is 0.798. The molecule has 0 saturated heterocycles. The Morgan fingerprint density at radius 3 is 2.26 bits per heavy atom. The van der Waals surface area contributed by atoms with E-state index < -0.39 is 0 Å². The number of nitrogens with one attached hydrogen (secondary N) is 2. The first-order chi connectivity index (χ1) is 9.13. The zero-order valence-electron chi connectivity index (χ0n) is 13.1. The molecule has 0 aliphatic carbocycles. The van der Waals surface area contributed by atoms with E-state index in [9.17, 15) is 4.79 Å². The zero-order chi connectivity index (χ0) is 14.5. The predicted molar refractivity (Wildman–Crippen MR) is 82.8 cm³/mol. The van der Waals surface area contributed by atoms with Crippen LogP contribution in [0.25, 0.3) is 0 Å². The molecule has 0 aromatic heterocycles. The van der Waals surface area contributed by atoms with Crippen LogP contribution in [0.3, 0.4) is 0 Å². The Labute approximate surface area is 119 Å². The van der Waals surface area contributed by atoms with Crippen molar-refractivity contribution >= 4 is 11.6 Å². The Hall–Kier alpha value is -0.860. The number of hydrogen-bond donors (Lipinski definition) is 2.